The number of nitrogens with zero attached hydrogens (tertiary/aromatic N) is 3. The number of nitro groups is 1. The van der Waals surface area contributed by atoms with E-state index in [1.807, 2.05) is 11.8 Å². The molecule has 0 N–H and O–H groups in total. The molecule has 0 spiro atoms. The number of imide groups is 1. The van der Waals surface area contributed by atoms with E-state index in [-0.39, 0.29) is 11.3 Å². The number of ether oxygens (including phenoxy) is 1. The number of hydrogen-bond donors (Lipinski definition) is 0. The maximum absolute atomic E-state index is 13.6. The van der Waals surface area contributed by atoms with Crippen LogP contribution in [0.5, 0.6) is 5.75 Å². The van der Waals surface area contributed by atoms with Crippen molar-refractivity contribution >= 4 is 28.8 Å². The molecule has 4 rings (SSSR count). The Bertz CT molecular complexity index is 1060. The Hall–Kier alpha value is -3.68. The first-order valence-electron chi connectivity index (χ1n) is 10.4. The summed E-state index contributed by atoms with van der Waals surface area (Å²) in [5.41, 5.74) is 1.43. The van der Waals surface area contributed by atoms with Gasteiger partial charge in [-0.2, -0.15) is 0 Å². The number of nitro benzene ring substituents is 1. The lowest BCUT2D eigenvalue weighted by atomic mass is 10.0. The Kier molecular flexibility index (Phi) is 5.70. The highest BCUT2D eigenvalue weighted by atomic mass is 16.6. The SMILES string of the molecule is CCOc1ccccc1N1C(=O)C(c2ccc([N+](=O)[O-])cc2)=C(N2CCCCC2)C1=O. The number of anilines is 1. The molecule has 8 heteroatoms. The van der Waals surface area contributed by atoms with E-state index in [1.54, 1.807) is 24.3 Å². The van der Waals surface area contributed by atoms with E-state index in [1.165, 1.54) is 24.3 Å². The monoisotopic (exact) mass is 421 g/mol. The molecule has 0 radical (unpaired) electrons. The summed E-state index contributed by atoms with van der Waals surface area (Å²) >= 11 is 0. The van der Waals surface area contributed by atoms with Crippen LogP contribution in [0.1, 0.15) is 31.7 Å². The molecular weight excluding hydrogens is 398 g/mol. The van der Waals surface area contributed by atoms with Crippen molar-refractivity contribution in [1.82, 2.24) is 4.90 Å². The van der Waals surface area contributed by atoms with E-state index in [4.69, 9.17) is 4.74 Å². The quantitative estimate of drug-likeness (QED) is 0.401. The standard InChI is InChI=1S/C23H23N3O5/c1-2-31-19-9-5-4-8-18(19)25-22(27)20(16-10-12-17(13-11-16)26(29)30)21(23(25)28)24-14-6-3-7-15-24/h4-5,8-13H,2-3,6-7,14-15H2,1H3. The average molecular weight is 421 g/mol. The summed E-state index contributed by atoms with van der Waals surface area (Å²) in [6, 6.07) is 12.7. The van der Waals surface area contributed by atoms with Crippen LogP contribution in [0.15, 0.2) is 54.2 Å². The van der Waals surface area contributed by atoms with Crippen LogP contribution < -0.4 is 9.64 Å². The number of benzene rings is 2. The van der Waals surface area contributed by atoms with Crippen molar-refractivity contribution in [3.05, 3.63) is 69.9 Å². The van der Waals surface area contributed by atoms with Gasteiger partial charge in [-0.15, -0.1) is 0 Å². The van der Waals surface area contributed by atoms with Gasteiger partial charge in [0, 0.05) is 25.2 Å². The van der Waals surface area contributed by atoms with Gasteiger partial charge >= 0.3 is 0 Å². The Morgan fingerprint density at radius 2 is 1.65 bits per heavy atom. The summed E-state index contributed by atoms with van der Waals surface area (Å²) in [6.45, 7) is 3.61. The highest BCUT2D eigenvalue weighted by Crippen LogP contribution is 2.39. The summed E-state index contributed by atoms with van der Waals surface area (Å²) in [5.74, 6) is -0.395. The summed E-state index contributed by atoms with van der Waals surface area (Å²) in [4.78, 5) is 40.8. The molecule has 2 aliphatic heterocycles. The second-order valence-corrected chi connectivity index (χ2v) is 7.42. The first-order valence-corrected chi connectivity index (χ1v) is 10.4. The number of carbonyl (C=O) groups excluding carboxylic acids is 2. The number of piperidine rings is 1. The normalized spacial score (nSPS) is 16.8. The first-order chi connectivity index (χ1) is 15.0. The van der Waals surface area contributed by atoms with Crippen LogP contribution in [0.25, 0.3) is 5.57 Å². The molecule has 0 unspecified atom stereocenters. The van der Waals surface area contributed by atoms with Crippen LogP contribution >= 0.6 is 0 Å². The highest BCUT2D eigenvalue weighted by molar-refractivity contribution is 6.45. The minimum absolute atomic E-state index is 0.0702. The van der Waals surface area contributed by atoms with E-state index in [0.29, 0.717) is 42.4 Å². The van der Waals surface area contributed by atoms with Crippen LogP contribution in [0.4, 0.5) is 11.4 Å². The smallest absolute Gasteiger partial charge is 0.282 e. The summed E-state index contributed by atoms with van der Waals surface area (Å²) in [6.07, 6.45) is 2.96. The predicted molar refractivity (Wildman–Crippen MR) is 116 cm³/mol. The molecule has 2 aliphatic rings. The van der Waals surface area contributed by atoms with Gasteiger partial charge in [-0.25, -0.2) is 4.90 Å². The van der Waals surface area contributed by atoms with Gasteiger partial charge in [0.1, 0.15) is 11.4 Å². The van der Waals surface area contributed by atoms with Crippen LogP contribution in [-0.4, -0.2) is 41.3 Å². The first kappa shape index (κ1) is 20.6. The van der Waals surface area contributed by atoms with E-state index in [2.05, 4.69) is 0 Å². The van der Waals surface area contributed by atoms with Crippen LogP contribution in [0, 0.1) is 10.1 Å². The number of para-hydroxylation sites is 2. The lowest BCUT2D eigenvalue weighted by Crippen LogP contribution is -2.37. The van der Waals surface area contributed by atoms with E-state index in [9.17, 15) is 19.7 Å². The van der Waals surface area contributed by atoms with Crippen molar-refractivity contribution in [2.24, 2.45) is 0 Å². The molecular formula is C23H23N3O5. The van der Waals surface area contributed by atoms with Crippen LogP contribution in [0.3, 0.4) is 0 Å². The Morgan fingerprint density at radius 3 is 2.29 bits per heavy atom. The highest BCUT2D eigenvalue weighted by Gasteiger charge is 2.43. The third-order valence-corrected chi connectivity index (χ3v) is 5.50. The molecule has 2 heterocycles. The molecule has 0 saturated carbocycles. The lowest BCUT2D eigenvalue weighted by Gasteiger charge is -2.29. The fourth-order valence-corrected chi connectivity index (χ4v) is 4.08. The number of likely N-dealkylation sites (tertiary alicyclic amines) is 1. The van der Waals surface area contributed by atoms with Crippen molar-refractivity contribution in [3.8, 4) is 5.75 Å². The second kappa shape index (κ2) is 8.59. The van der Waals surface area contributed by atoms with Crippen molar-refractivity contribution in [2.45, 2.75) is 26.2 Å². The Morgan fingerprint density at radius 1 is 0.968 bits per heavy atom. The summed E-state index contributed by atoms with van der Waals surface area (Å²) in [5, 5.41) is 11.0. The zero-order valence-corrected chi connectivity index (χ0v) is 17.2. The molecule has 0 bridgehead atoms. The summed E-state index contributed by atoms with van der Waals surface area (Å²) in [7, 11) is 0. The zero-order chi connectivity index (χ0) is 22.0. The third-order valence-electron chi connectivity index (χ3n) is 5.50. The maximum atomic E-state index is 13.6. The molecule has 0 aliphatic carbocycles. The van der Waals surface area contributed by atoms with E-state index in [0.717, 1.165) is 24.2 Å². The van der Waals surface area contributed by atoms with Gasteiger partial charge in [0.2, 0.25) is 0 Å². The molecule has 31 heavy (non-hydrogen) atoms. The molecule has 2 amide bonds. The third kappa shape index (κ3) is 3.76. The van der Waals surface area contributed by atoms with Crippen molar-refractivity contribution in [2.75, 3.05) is 24.6 Å². The van der Waals surface area contributed by atoms with Gasteiger partial charge in [-0.05, 0) is 56.0 Å². The predicted octanol–water partition coefficient (Wildman–Crippen LogP) is 3.76. The topological polar surface area (TPSA) is 93.0 Å². The number of non-ortho nitro benzene ring substituents is 1. The minimum atomic E-state index is -0.490. The van der Waals surface area contributed by atoms with Crippen molar-refractivity contribution < 1.29 is 19.2 Å². The summed E-state index contributed by atoms with van der Waals surface area (Å²) < 4.78 is 5.66. The average Bonchev–Trinajstić information content (AvgIpc) is 3.05. The van der Waals surface area contributed by atoms with Gasteiger partial charge in [0.25, 0.3) is 17.5 Å². The Labute approximate surface area is 179 Å². The van der Waals surface area contributed by atoms with Gasteiger partial charge in [-0.3, -0.25) is 19.7 Å². The molecule has 2 aromatic carbocycles. The molecule has 0 aromatic heterocycles. The molecule has 1 saturated heterocycles. The zero-order valence-electron chi connectivity index (χ0n) is 17.2. The van der Waals surface area contributed by atoms with E-state index >= 15 is 0 Å². The molecule has 0 atom stereocenters. The minimum Gasteiger partial charge on any atom is -0.492 e. The number of carbonyl (C=O) groups is 2. The van der Waals surface area contributed by atoms with Crippen LogP contribution in [-0.2, 0) is 9.59 Å². The van der Waals surface area contributed by atoms with Gasteiger partial charge in [-0.1, -0.05) is 12.1 Å². The maximum Gasteiger partial charge on any atom is 0.282 e. The molecule has 8 nitrogen and oxygen atoms in total. The number of hydrogen-bond acceptors (Lipinski definition) is 6. The number of rotatable bonds is 6. The number of amides is 2. The van der Waals surface area contributed by atoms with Crippen LogP contribution in [0.2, 0.25) is 0 Å². The fourth-order valence-electron chi connectivity index (χ4n) is 4.08. The van der Waals surface area contributed by atoms with Gasteiger partial charge in [0.05, 0.1) is 22.8 Å². The Balaban J connectivity index is 1.82. The lowest BCUT2D eigenvalue weighted by molar-refractivity contribution is -0.384. The largest absolute Gasteiger partial charge is 0.492 e. The molecule has 2 aromatic rings. The van der Waals surface area contributed by atoms with E-state index < -0.39 is 16.7 Å². The fraction of sp³-hybridized carbons (Fsp3) is 0.304. The second-order valence-electron chi connectivity index (χ2n) is 7.42. The van der Waals surface area contributed by atoms with Gasteiger partial charge in [0.15, 0.2) is 0 Å². The van der Waals surface area contributed by atoms with Crippen molar-refractivity contribution in [1.29, 1.82) is 0 Å². The molecule has 1 fully saturated rings. The van der Waals surface area contributed by atoms with Crippen molar-refractivity contribution in [3.63, 3.8) is 0 Å². The van der Waals surface area contributed by atoms with Gasteiger partial charge < -0.3 is 9.64 Å². The molecule has 160 valence electrons.